The average Bonchev–Trinajstić information content (AvgIpc) is 3.51. The second-order valence-electron chi connectivity index (χ2n) is 8.54. The molecule has 5 rings (SSSR count). The van der Waals surface area contributed by atoms with E-state index in [1.54, 1.807) is 4.90 Å². The number of carbonyl (C=O) groups is 1. The topological polar surface area (TPSA) is 65.1 Å². The highest BCUT2D eigenvalue weighted by atomic mass is 16.2. The van der Waals surface area contributed by atoms with E-state index in [4.69, 9.17) is 9.97 Å². The Hall–Kier alpha value is -2.89. The van der Waals surface area contributed by atoms with Gasteiger partial charge in [0.2, 0.25) is 5.91 Å². The fourth-order valence-electron chi connectivity index (χ4n) is 4.30. The molecule has 6 nitrogen and oxygen atoms in total. The zero-order valence-electron chi connectivity index (χ0n) is 17.1. The first-order valence-corrected chi connectivity index (χ1v) is 10.5. The fourth-order valence-corrected chi connectivity index (χ4v) is 4.30. The molecule has 0 unspecified atom stereocenters. The summed E-state index contributed by atoms with van der Waals surface area (Å²) in [5.74, 6) is 2.73. The Bertz CT molecular complexity index is 1050. The van der Waals surface area contributed by atoms with Crippen LogP contribution in [-0.2, 0) is 4.79 Å². The number of hydrogen-bond donors (Lipinski definition) is 1. The number of carbonyl (C=O) groups excluding carboxylic acids is 1. The molecular weight excluding hydrogens is 362 g/mol. The Kier molecular flexibility index (Phi) is 4.49. The number of pyridine rings is 1. The molecule has 1 aliphatic heterocycles. The molecule has 2 aromatic heterocycles. The standard InChI is InChI=1S/C23H27N5O/c1-27(2)23(29)18-7-4-12-28(14-18)20-11-10-19-22(25-20)26-21(24-19)17-6-3-5-16(13-17)15-8-9-15/h3,5-6,10-11,13,15,18H,4,7-9,12,14H2,1-2H3,(H,24,25,26)/t18-/m1/s1. The molecule has 6 heteroatoms. The van der Waals surface area contributed by atoms with Crippen molar-refractivity contribution in [2.45, 2.75) is 31.6 Å². The van der Waals surface area contributed by atoms with Crippen LogP contribution in [0.25, 0.3) is 22.6 Å². The van der Waals surface area contributed by atoms with Crippen LogP contribution in [0.15, 0.2) is 36.4 Å². The summed E-state index contributed by atoms with van der Waals surface area (Å²) in [5.41, 5.74) is 4.19. The van der Waals surface area contributed by atoms with Crippen LogP contribution >= 0.6 is 0 Å². The number of benzene rings is 1. The molecule has 2 fully saturated rings. The third-order valence-corrected chi connectivity index (χ3v) is 6.08. The van der Waals surface area contributed by atoms with Crippen LogP contribution in [0.5, 0.6) is 0 Å². The van der Waals surface area contributed by atoms with Crippen LogP contribution in [0.1, 0.15) is 37.2 Å². The van der Waals surface area contributed by atoms with Crippen molar-refractivity contribution in [2.24, 2.45) is 5.92 Å². The fraction of sp³-hybridized carbons (Fsp3) is 0.435. The second-order valence-corrected chi connectivity index (χ2v) is 8.54. The highest BCUT2D eigenvalue weighted by molar-refractivity contribution is 5.80. The molecule has 1 aliphatic carbocycles. The maximum absolute atomic E-state index is 12.4. The number of nitrogens with zero attached hydrogens (tertiary/aromatic N) is 4. The quantitative estimate of drug-likeness (QED) is 0.737. The number of hydrogen-bond acceptors (Lipinski definition) is 4. The van der Waals surface area contributed by atoms with Gasteiger partial charge in [-0.05, 0) is 55.4 Å². The van der Waals surface area contributed by atoms with Crippen molar-refractivity contribution < 1.29 is 4.79 Å². The molecule has 150 valence electrons. The molecule has 1 saturated heterocycles. The smallest absolute Gasteiger partial charge is 0.226 e. The molecule has 3 heterocycles. The lowest BCUT2D eigenvalue weighted by molar-refractivity contribution is -0.133. The first-order valence-electron chi connectivity index (χ1n) is 10.5. The largest absolute Gasteiger partial charge is 0.356 e. The van der Waals surface area contributed by atoms with E-state index in [0.29, 0.717) is 0 Å². The average molecular weight is 390 g/mol. The van der Waals surface area contributed by atoms with Crippen molar-refractivity contribution in [1.82, 2.24) is 19.9 Å². The SMILES string of the molecule is CN(C)C(=O)[C@@H]1CCCN(c2ccc3[nH]c(-c4cccc(C5CC5)c4)nc3n2)C1. The van der Waals surface area contributed by atoms with Crippen LogP contribution in [0.3, 0.4) is 0 Å². The van der Waals surface area contributed by atoms with E-state index >= 15 is 0 Å². The molecule has 3 aromatic rings. The van der Waals surface area contributed by atoms with E-state index in [-0.39, 0.29) is 11.8 Å². The number of rotatable bonds is 4. The van der Waals surface area contributed by atoms with Gasteiger partial charge in [0, 0.05) is 32.7 Å². The normalized spacial score (nSPS) is 19.5. The van der Waals surface area contributed by atoms with Crippen molar-refractivity contribution in [2.75, 3.05) is 32.1 Å². The summed E-state index contributed by atoms with van der Waals surface area (Å²) >= 11 is 0. The van der Waals surface area contributed by atoms with Crippen LogP contribution in [0.2, 0.25) is 0 Å². The highest BCUT2D eigenvalue weighted by Crippen LogP contribution is 2.41. The Morgan fingerprint density at radius 2 is 2.00 bits per heavy atom. The molecule has 1 saturated carbocycles. The summed E-state index contributed by atoms with van der Waals surface area (Å²) in [6.07, 6.45) is 4.53. The minimum Gasteiger partial charge on any atom is -0.356 e. The molecule has 0 bridgehead atoms. The first-order chi connectivity index (χ1) is 14.1. The third kappa shape index (κ3) is 3.59. The Morgan fingerprint density at radius 1 is 1.14 bits per heavy atom. The molecule has 1 N–H and O–H groups in total. The molecular formula is C23H27N5O. The van der Waals surface area contributed by atoms with Gasteiger partial charge >= 0.3 is 0 Å². The lowest BCUT2D eigenvalue weighted by Crippen LogP contribution is -2.43. The molecule has 2 aliphatic rings. The molecule has 1 atom stereocenters. The van der Waals surface area contributed by atoms with Crippen LogP contribution in [-0.4, -0.2) is 52.9 Å². The number of amides is 1. The van der Waals surface area contributed by atoms with Crippen molar-refractivity contribution in [3.63, 3.8) is 0 Å². The number of aromatic nitrogens is 3. The summed E-state index contributed by atoms with van der Waals surface area (Å²) in [4.78, 5) is 29.3. The number of H-pyrrole nitrogens is 1. The van der Waals surface area contributed by atoms with E-state index in [1.807, 2.05) is 20.2 Å². The number of aromatic amines is 1. The van der Waals surface area contributed by atoms with Gasteiger partial charge in [-0.25, -0.2) is 9.97 Å². The van der Waals surface area contributed by atoms with E-state index < -0.39 is 0 Å². The summed E-state index contributed by atoms with van der Waals surface area (Å²) in [7, 11) is 3.66. The Morgan fingerprint density at radius 3 is 2.79 bits per heavy atom. The Balaban J connectivity index is 1.41. The van der Waals surface area contributed by atoms with E-state index in [0.717, 1.165) is 60.2 Å². The van der Waals surface area contributed by atoms with Crippen molar-refractivity contribution in [3.8, 4) is 11.4 Å². The zero-order valence-corrected chi connectivity index (χ0v) is 17.1. The van der Waals surface area contributed by atoms with Gasteiger partial charge in [-0.1, -0.05) is 18.2 Å². The lowest BCUT2D eigenvalue weighted by atomic mass is 9.97. The van der Waals surface area contributed by atoms with Gasteiger partial charge in [-0.3, -0.25) is 4.79 Å². The van der Waals surface area contributed by atoms with Crippen molar-refractivity contribution in [3.05, 3.63) is 42.0 Å². The summed E-state index contributed by atoms with van der Waals surface area (Å²) in [5, 5.41) is 0. The van der Waals surface area contributed by atoms with Gasteiger partial charge in [0.25, 0.3) is 0 Å². The first kappa shape index (κ1) is 18.2. The minimum atomic E-state index is 0.0381. The van der Waals surface area contributed by atoms with Gasteiger partial charge in [-0.2, -0.15) is 0 Å². The summed E-state index contributed by atoms with van der Waals surface area (Å²) in [6.45, 7) is 1.65. The molecule has 1 aromatic carbocycles. The van der Waals surface area contributed by atoms with E-state index in [9.17, 15) is 4.79 Å². The van der Waals surface area contributed by atoms with Crippen LogP contribution < -0.4 is 4.90 Å². The molecule has 1 amide bonds. The second kappa shape index (κ2) is 7.17. The van der Waals surface area contributed by atoms with Crippen molar-refractivity contribution in [1.29, 1.82) is 0 Å². The predicted molar refractivity (Wildman–Crippen MR) is 115 cm³/mol. The molecule has 0 spiro atoms. The number of nitrogens with one attached hydrogen (secondary N) is 1. The third-order valence-electron chi connectivity index (χ3n) is 6.08. The van der Waals surface area contributed by atoms with Gasteiger partial charge < -0.3 is 14.8 Å². The van der Waals surface area contributed by atoms with E-state index in [2.05, 4.69) is 40.2 Å². The summed E-state index contributed by atoms with van der Waals surface area (Å²) < 4.78 is 0. The molecule has 29 heavy (non-hydrogen) atoms. The molecule has 0 radical (unpaired) electrons. The number of piperidine rings is 1. The monoisotopic (exact) mass is 389 g/mol. The zero-order chi connectivity index (χ0) is 20.0. The predicted octanol–water partition coefficient (Wildman–Crippen LogP) is 3.81. The number of imidazole rings is 1. The Labute approximate surface area is 171 Å². The highest BCUT2D eigenvalue weighted by Gasteiger charge is 2.28. The van der Waals surface area contributed by atoms with Gasteiger partial charge in [-0.15, -0.1) is 0 Å². The maximum atomic E-state index is 12.4. The number of fused-ring (bicyclic) bond motifs is 1. The van der Waals surface area contributed by atoms with Crippen LogP contribution in [0.4, 0.5) is 5.82 Å². The summed E-state index contributed by atoms with van der Waals surface area (Å²) in [6, 6.07) is 12.8. The maximum Gasteiger partial charge on any atom is 0.226 e. The van der Waals surface area contributed by atoms with Gasteiger partial charge in [0.15, 0.2) is 5.65 Å². The van der Waals surface area contributed by atoms with Gasteiger partial charge in [0.1, 0.15) is 11.6 Å². The van der Waals surface area contributed by atoms with Crippen LogP contribution in [0, 0.1) is 5.92 Å². The minimum absolute atomic E-state index is 0.0381. The van der Waals surface area contributed by atoms with Gasteiger partial charge in [0.05, 0.1) is 11.4 Å². The van der Waals surface area contributed by atoms with E-state index in [1.165, 1.54) is 18.4 Å². The lowest BCUT2D eigenvalue weighted by Gasteiger charge is -2.33. The number of anilines is 1. The van der Waals surface area contributed by atoms with Crippen molar-refractivity contribution >= 4 is 22.9 Å².